The van der Waals surface area contributed by atoms with Crippen molar-refractivity contribution in [3.63, 3.8) is 0 Å². The molecule has 0 aliphatic carbocycles. The van der Waals surface area contributed by atoms with Gasteiger partial charge in [0.15, 0.2) is 0 Å². The first-order valence-corrected chi connectivity index (χ1v) is 5.76. The first-order chi connectivity index (χ1) is 8.49. The van der Waals surface area contributed by atoms with Gasteiger partial charge in [0.05, 0.1) is 4.92 Å². The van der Waals surface area contributed by atoms with Gasteiger partial charge < -0.3 is 10.4 Å². The predicted octanol–water partition coefficient (Wildman–Crippen LogP) is 2.43. The van der Waals surface area contributed by atoms with Gasteiger partial charge in [-0.25, -0.2) is 4.79 Å². The quantitative estimate of drug-likeness (QED) is 0.599. The van der Waals surface area contributed by atoms with Crippen molar-refractivity contribution in [2.45, 2.75) is 32.7 Å². The zero-order valence-corrected chi connectivity index (χ0v) is 10.3. The summed E-state index contributed by atoms with van der Waals surface area (Å²) in [6.45, 7) is 3.57. The fourth-order valence-corrected chi connectivity index (χ4v) is 1.66. The van der Waals surface area contributed by atoms with E-state index in [1.165, 1.54) is 6.07 Å². The van der Waals surface area contributed by atoms with Crippen LogP contribution in [0.25, 0.3) is 0 Å². The van der Waals surface area contributed by atoms with Crippen LogP contribution in [-0.4, -0.2) is 22.0 Å². The molecule has 1 unspecified atom stereocenters. The molecular weight excluding hydrogens is 236 g/mol. The van der Waals surface area contributed by atoms with E-state index in [4.69, 9.17) is 5.11 Å². The van der Waals surface area contributed by atoms with Crippen molar-refractivity contribution in [1.29, 1.82) is 0 Å². The molecule has 1 aromatic carbocycles. The number of benzene rings is 1. The third-order valence-electron chi connectivity index (χ3n) is 2.71. The van der Waals surface area contributed by atoms with Gasteiger partial charge in [-0.3, -0.25) is 10.1 Å². The minimum atomic E-state index is -0.972. The molecule has 0 amide bonds. The molecule has 6 nitrogen and oxygen atoms in total. The molecule has 0 aromatic heterocycles. The fraction of sp³-hybridized carbons (Fsp3) is 0.417. The second kappa shape index (κ2) is 6.00. The lowest BCUT2D eigenvalue weighted by Gasteiger charge is -2.14. The number of nitrogens with zero attached hydrogens (tertiary/aromatic N) is 1. The van der Waals surface area contributed by atoms with Crippen LogP contribution in [0.4, 0.5) is 11.4 Å². The second-order valence-electron chi connectivity index (χ2n) is 3.90. The number of aryl methyl sites for hydroxylation is 1. The van der Waals surface area contributed by atoms with Crippen LogP contribution in [0.1, 0.15) is 25.8 Å². The van der Waals surface area contributed by atoms with Crippen LogP contribution in [0.5, 0.6) is 0 Å². The lowest BCUT2D eigenvalue weighted by atomic mass is 10.1. The standard InChI is InChI=1S/C12H16N2O4/c1-3-8-5-6-9(7-11(8)14(17)18)13-10(4-2)12(15)16/h5-7,10,13H,3-4H2,1-2H3,(H,15,16). The van der Waals surface area contributed by atoms with Crippen LogP contribution in [-0.2, 0) is 11.2 Å². The van der Waals surface area contributed by atoms with Gasteiger partial charge in [0, 0.05) is 17.3 Å². The highest BCUT2D eigenvalue weighted by Crippen LogP contribution is 2.24. The summed E-state index contributed by atoms with van der Waals surface area (Å²) in [5.74, 6) is -0.972. The molecule has 0 spiro atoms. The maximum absolute atomic E-state index is 10.9. The summed E-state index contributed by atoms with van der Waals surface area (Å²) in [4.78, 5) is 21.3. The van der Waals surface area contributed by atoms with Gasteiger partial charge in [-0.2, -0.15) is 0 Å². The van der Waals surface area contributed by atoms with E-state index in [2.05, 4.69) is 5.32 Å². The summed E-state index contributed by atoms with van der Waals surface area (Å²) >= 11 is 0. The van der Waals surface area contributed by atoms with Gasteiger partial charge in [-0.05, 0) is 18.9 Å². The minimum Gasteiger partial charge on any atom is -0.480 e. The van der Waals surface area contributed by atoms with Gasteiger partial charge in [-0.1, -0.05) is 19.9 Å². The van der Waals surface area contributed by atoms with Crippen molar-refractivity contribution in [2.24, 2.45) is 0 Å². The molecule has 1 aromatic rings. The van der Waals surface area contributed by atoms with Crippen LogP contribution < -0.4 is 5.32 Å². The molecule has 0 heterocycles. The summed E-state index contributed by atoms with van der Waals surface area (Å²) in [6, 6.07) is 3.95. The van der Waals surface area contributed by atoms with E-state index in [9.17, 15) is 14.9 Å². The normalized spacial score (nSPS) is 11.9. The Kier molecular flexibility index (Phi) is 4.65. The van der Waals surface area contributed by atoms with E-state index < -0.39 is 16.9 Å². The van der Waals surface area contributed by atoms with Crippen molar-refractivity contribution in [2.75, 3.05) is 5.32 Å². The number of nitro benzene ring substituents is 1. The molecule has 1 atom stereocenters. The molecule has 18 heavy (non-hydrogen) atoms. The van der Waals surface area contributed by atoms with E-state index >= 15 is 0 Å². The minimum absolute atomic E-state index is 0.0164. The Bertz CT molecular complexity index is 459. The summed E-state index contributed by atoms with van der Waals surface area (Å²) < 4.78 is 0. The van der Waals surface area contributed by atoms with Crippen molar-refractivity contribution in [1.82, 2.24) is 0 Å². The van der Waals surface area contributed by atoms with Crippen molar-refractivity contribution in [3.05, 3.63) is 33.9 Å². The molecule has 98 valence electrons. The maximum Gasteiger partial charge on any atom is 0.326 e. The molecule has 0 aliphatic rings. The van der Waals surface area contributed by atoms with Gasteiger partial charge >= 0.3 is 5.97 Å². The Morgan fingerprint density at radius 3 is 2.61 bits per heavy atom. The highest BCUT2D eigenvalue weighted by molar-refractivity contribution is 5.77. The van der Waals surface area contributed by atoms with Crippen LogP contribution in [0, 0.1) is 10.1 Å². The Hall–Kier alpha value is -2.11. The number of anilines is 1. The first kappa shape index (κ1) is 14.0. The molecule has 0 bridgehead atoms. The zero-order chi connectivity index (χ0) is 13.7. The second-order valence-corrected chi connectivity index (χ2v) is 3.90. The van der Waals surface area contributed by atoms with E-state index in [0.29, 0.717) is 24.1 Å². The Balaban J connectivity index is 3.01. The van der Waals surface area contributed by atoms with Crippen LogP contribution in [0.15, 0.2) is 18.2 Å². The monoisotopic (exact) mass is 252 g/mol. The van der Waals surface area contributed by atoms with Crippen LogP contribution in [0.2, 0.25) is 0 Å². The van der Waals surface area contributed by atoms with Crippen molar-refractivity contribution in [3.8, 4) is 0 Å². The van der Waals surface area contributed by atoms with Gasteiger partial charge in [-0.15, -0.1) is 0 Å². The molecule has 6 heteroatoms. The zero-order valence-electron chi connectivity index (χ0n) is 10.3. The number of carboxylic acid groups (broad SMARTS) is 1. The number of hydrogen-bond acceptors (Lipinski definition) is 4. The third-order valence-corrected chi connectivity index (χ3v) is 2.71. The number of aliphatic carboxylic acids is 1. The summed E-state index contributed by atoms with van der Waals surface area (Å²) in [5.41, 5.74) is 1.10. The molecule has 1 rings (SSSR count). The van der Waals surface area contributed by atoms with Crippen molar-refractivity contribution < 1.29 is 14.8 Å². The highest BCUT2D eigenvalue weighted by atomic mass is 16.6. The smallest absolute Gasteiger partial charge is 0.326 e. The molecule has 0 aliphatic heterocycles. The van der Waals surface area contributed by atoms with E-state index in [1.54, 1.807) is 19.1 Å². The molecule has 0 radical (unpaired) electrons. The molecule has 0 saturated heterocycles. The third kappa shape index (κ3) is 3.19. The molecular formula is C12H16N2O4. The Labute approximate surface area is 105 Å². The number of nitrogens with one attached hydrogen (secondary N) is 1. The molecule has 0 saturated carbocycles. The Morgan fingerprint density at radius 1 is 1.50 bits per heavy atom. The summed E-state index contributed by atoms with van der Waals surface area (Å²) in [5, 5.41) is 22.6. The fourth-order valence-electron chi connectivity index (χ4n) is 1.66. The summed E-state index contributed by atoms with van der Waals surface area (Å²) in [6.07, 6.45) is 0.964. The average molecular weight is 252 g/mol. The lowest BCUT2D eigenvalue weighted by molar-refractivity contribution is -0.385. The number of nitro groups is 1. The topological polar surface area (TPSA) is 92.5 Å². The Morgan fingerprint density at radius 2 is 2.17 bits per heavy atom. The summed E-state index contributed by atoms with van der Waals surface area (Å²) in [7, 11) is 0. The SMILES string of the molecule is CCc1ccc(NC(CC)C(=O)O)cc1[N+](=O)[O-]. The number of carboxylic acids is 1. The maximum atomic E-state index is 10.9. The molecule has 2 N–H and O–H groups in total. The van der Waals surface area contributed by atoms with Crippen molar-refractivity contribution >= 4 is 17.3 Å². The van der Waals surface area contributed by atoms with E-state index in [1.807, 2.05) is 6.92 Å². The number of hydrogen-bond donors (Lipinski definition) is 2. The number of rotatable bonds is 6. The van der Waals surface area contributed by atoms with Crippen LogP contribution >= 0.6 is 0 Å². The van der Waals surface area contributed by atoms with Gasteiger partial charge in [0.25, 0.3) is 5.69 Å². The highest BCUT2D eigenvalue weighted by Gasteiger charge is 2.17. The van der Waals surface area contributed by atoms with E-state index in [-0.39, 0.29) is 5.69 Å². The average Bonchev–Trinajstić information content (AvgIpc) is 2.35. The van der Waals surface area contributed by atoms with Crippen LogP contribution in [0.3, 0.4) is 0 Å². The first-order valence-electron chi connectivity index (χ1n) is 5.76. The predicted molar refractivity (Wildman–Crippen MR) is 67.8 cm³/mol. The number of carbonyl (C=O) groups is 1. The molecule has 0 fully saturated rings. The van der Waals surface area contributed by atoms with Gasteiger partial charge in [0.1, 0.15) is 6.04 Å². The van der Waals surface area contributed by atoms with E-state index in [0.717, 1.165) is 0 Å². The lowest BCUT2D eigenvalue weighted by Crippen LogP contribution is -2.28. The largest absolute Gasteiger partial charge is 0.480 e. The van der Waals surface area contributed by atoms with Gasteiger partial charge in [0.2, 0.25) is 0 Å².